The summed E-state index contributed by atoms with van der Waals surface area (Å²) in [6.45, 7) is 2.68. The number of ether oxygens (including phenoxy) is 3. The molecule has 0 radical (unpaired) electrons. The van der Waals surface area contributed by atoms with Gasteiger partial charge in [0, 0.05) is 25.8 Å². The first-order valence-corrected chi connectivity index (χ1v) is 10.6. The zero-order valence-electron chi connectivity index (χ0n) is 16.2. The van der Waals surface area contributed by atoms with Gasteiger partial charge in [-0.25, -0.2) is 9.78 Å². The van der Waals surface area contributed by atoms with Gasteiger partial charge < -0.3 is 19.5 Å². The number of hydrogen-bond donors (Lipinski definition) is 2. The smallest absolute Gasteiger partial charge is 0.328 e. The monoisotopic (exact) mass is 421 g/mol. The van der Waals surface area contributed by atoms with Crippen molar-refractivity contribution in [3.05, 3.63) is 42.1 Å². The molecule has 0 amide bonds. The van der Waals surface area contributed by atoms with Gasteiger partial charge in [0.2, 0.25) is 0 Å². The number of nitrogens with zero attached hydrogens (tertiary/aromatic N) is 1. The first-order chi connectivity index (χ1) is 13.9. The fraction of sp³-hybridized carbons (Fsp3) is 0.368. The van der Waals surface area contributed by atoms with Crippen molar-refractivity contribution < 1.29 is 27.4 Å². The summed E-state index contributed by atoms with van der Waals surface area (Å²) in [5, 5.41) is 2.94. The Morgan fingerprint density at radius 1 is 1.31 bits per heavy atom. The van der Waals surface area contributed by atoms with Crippen LogP contribution >= 0.6 is 0 Å². The minimum absolute atomic E-state index is 0.112. The molecule has 9 nitrogen and oxygen atoms in total. The number of rotatable bonds is 9. The molecule has 1 unspecified atom stereocenters. The maximum absolute atomic E-state index is 12.7. The zero-order chi connectivity index (χ0) is 20.9. The maximum Gasteiger partial charge on any atom is 0.328 e. The van der Waals surface area contributed by atoms with Gasteiger partial charge in [-0.3, -0.25) is 4.72 Å². The molecule has 1 atom stereocenters. The average molecular weight is 421 g/mol. The quantitative estimate of drug-likeness (QED) is 0.465. The van der Waals surface area contributed by atoms with E-state index >= 15 is 0 Å². The van der Waals surface area contributed by atoms with E-state index in [1.165, 1.54) is 12.3 Å². The SMILES string of the molecule is CCOC(=O)C1Cc2cc(OCCOC)cc(NS(=O)(=O)c3ccccn3)c2N1. The minimum atomic E-state index is -3.92. The van der Waals surface area contributed by atoms with Crippen LogP contribution in [0.25, 0.3) is 0 Å². The second kappa shape index (κ2) is 9.10. The molecule has 29 heavy (non-hydrogen) atoms. The Hall–Kier alpha value is -2.85. The molecule has 156 valence electrons. The Morgan fingerprint density at radius 2 is 2.14 bits per heavy atom. The van der Waals surface area contributed by atoms with Crippen LogP contribution in [0.1, 0.15) is 12.5 Å². The molecule has 1 aromatic heterocycles. The van der Waals surface area contributed by atoms with Crippen LogP contribution in [0.15, 0.2) is 41.6 Å². The standard InChI is InChI=1S/C19H23N3O6S/c1-3-27-19(23)16-11-13-10-14(28-9-8-26-2)12-15(18(13)21-16)22-29(24,25)17-6-4-5-7-20-17/h4-7,10,12,16,21-22H,3,8-9,11H2,1-2H3. The van der Waals surface area contributed by atoms with Gasteiger partial charge in [-0.2, -0.15) is 8.42 Å². The Labute approximate surface area is 169 Å². The number of esters is 1. The molecule has 1 aromatic carbocycles. The summed E-state index contributed by atoms with van der Waals surface area (Å²) in [5.74, 6) is 0.0647. The van der Waals surface area contributed by atoms with Crippen molar-refractivity contribution in [2.45, 2.75) is 24.4 Å². The first kappa shape index (κ1) is 20.9. The number of aromatic nitrogens is 1. The predicted molar refractivity (Wildman–Crippen MR) is 107 cm³/mol. The van der Waals surface area contributed by atoms with Crippen molar-refractivity contribution in [1.29, 1.82) is 0 Å². The summed E-state index contributed by atoms with van der Waals surface area (Å²) in [6.07, 6.45) is 1.76. The number of pyridine rings is 1. The number of nitrogens with one attached hydrogen (secondary N) is 2. The van der Waals surface area contributed by atoms with E-state index in [1.807, 2.05) is 0 Å². The third-order valence-electron chi connectivity index (χ3n) is 4.22. The lowest BCUT2D eigenvalue weighted by atomic mass is 10.1. The molecule has 3 rings (SSSR count). The molecular weight excluding hydrogens is 398 g/mol. The van der Waals surface area contributed by atoms with Gasteiger partial charge in [-0.15, -0.1) is 0 Å². The third-order valence-corrected chi connectivity index (χ3v) is 5.50. The van der Waals surface area contributed by atoms with Gasteiger partial charge in [-0.1, -0.05) is 6.07 Å². The molecular formula is C19H23N3O6S. The molecule has 0 saturated heterocycles. The van der Waals surface area contributed by atoms with Crippen molar-refractivity contribution in [2.75, 3.05) is 37.0 Å². The number of benzene rings is 1. The molecule has 0 fully saturated rings. The predicted octanol–water partition coefficient (Wildman–Crippen LogP) is 1.81. The summed E-state index contributed by atoms with van der Waals surface area (Å²) in [4.78, 5) is 16.0. The molecule has 2 N–H and O–H groups in total. The number of fused-ring (bicyclic) bond motifs is 1. The highest BCUT2D eigenvalue weighted by atomic mass is 32.2. The third kappa shape index (κ3) is 4.96. The number of carbonyl (C=O) groups is 1. The van der Waals surface area contributed by atoms with Crippen LogP contribution in [-0.2, 0) is 30.7 Å². The molecule has 0 saturated carbocycles. The van der Waals surface area contributed by atoms with Crippen molar-refractivity contribution >= 4 is 27.4 Å². The molecule has 0 bridgehead atoms. The van der Waals surface area contributed by atoms with E-state index in [0.29, 0.717) is 31.1 Å². The molecule has 0 spiro atoms. The van der Waals surface area contributed by atoms with Crippen LogP contribution in [-0.4, -0.2) is 52.3 Å². The lowest BCUT2D eigenvalue weighted by Crippen LogP contribution is -2.29. The average Bonchev–Trinajstić information content (AvgIpc) is 3.14. The van der Waals surface area contributed by atoms with Crippen LogP contribution in [0.3, 0.4) is 0 Å². The molecule has 0 aliphatic carbocycles. The molecule has 2 aromatic rings. The molecule has 2 heterocycles. The van der Waals surface area contributed by atoms with E-state index in [1.54, 1.807) is 38.3 Å². The highest BCUT2D eigenvalue weighted by molar-refractivity contribution is 7.92. The maximum atomic E-state index is 12.7. The van der Waals surface area contributed by atoms with E-state index in [-0.39, 0.29) is 17.3 Å². The van der Waals surface area contributed by atoms with Gasteiger partial charge >= 0.3 is 5.97 Å². The van der Waals surface area contributed by atoms with Gasteiger partial charge in [0.15, 0.2) is 5.03 Å². The van der Waals surface area contributed by atoms with Crippen LogP contribution in [0.4, 0.5) is 11.4 Å². The van der Waals surface area contributed by atoms with Crippen molar-refractivity contribution in [2.24, 2.45) is 0 Å². The summed E-state index contributed by atoms with van der Waals surface area (Å²) >= 11 is 0. The summed E-state index contributed by atoms with van der Waals surface area (Å²) in [7, 11) is -2.36. The van der Waals surface area contributed by atoms with Gasteiger partial charge in [0.1, 0.15) is 18.4 Å². The number of anilines is 2. The van der Waals surface area contributed by atoms with E-state index in [2.05, 4.69) is 15.0 Å². The molecule has 1 aliphatic heterocycles. The van der Waals surface area contributed by atoms with Crippen LogP contribution in [0.2, 0.25) is 0 Å². The first-order valence-electron chi connectivity index (χ1n) is 9.10. The molecule has 1 aliphatic rings. The van der Waals surface area contributed by atoms with E-state index in [0.717, 1.165) is 5.56 Å². The topological polar surface area (TPSA) is 116 Å². The number of carbonyl (C=O) groups excluding carboxylic acids is 1. The summed E-state index contributed by atoms with van der Waals surface area (Å²) in [5.41, 5.74) is 1.53. The minimum Gasteiger partial charge on any atom is -0.491 e. The zero-order valence-corrected chi connectivity index (χ0v) is 17.0. The summed E-state index contributed by atoms with van der Waals surface area (Å²) < 4.78 is 43.7. The van der Waals surface area contributed by atoms with Gasteiger partial charge in [0.25, 0.3) is 10.0 Å². The van der Waals surface area contributed by atoms with Crippen molar-refractivity contribution in [3.63, 3.8) is 0 Å². The Morgan fingerprint density at radius 3 is 2.83 bits per heavy atom. The Bertz CT molecular complexity index is 965. The fourth-order valence-corrected chi connectivity index (χ4v) is 3.96. The normalized spacial score (nSPS) is 15.3. The number of sulfonamides is 1. The fourth-order valence-electron chi connectivity index (χ4n) is 2.94. The highest BCUT2D eigenvalue weighted by Gasteiger charge is 2.31. The van der Waals surface area contributed by atoms with E-state index in [9.17, 15) is 13.2 Å². The van der Waals surface area contributed by atoms with Crippen molar-refractivity contribution in [3.8, 4) is 5.75 Å². The lowest BCUT2D eigenvalue weighted by molar-refractivity contribution is -0.143. The van der Waals surface area contributed by atoms with E-state index < -0.39 is 22.0 Å². The van der Waals surface area contributed by atoms with Crippen LogP contribution in [0, 0.1) is 0 Å². The number of methoxy groups -OCH3 is 1. The molecule has 10 heteroatoms. The summed E-state index contributed by atoms with van der Waals surface area (Å²) in [6, 6.07) is 7.36. The Kier molecular flexibility index (Phi) is 6.55. The second-order valence-electron chi connectivity index (χ2n) is 6.27. The highest BCUT2D eigenvalue weighted by Crippen LogP contribution is 2.38. The Balaban J connectivity index is 1.92. The lowest BCUT2D eigenvalue weighted by Gasteiger charge is -2.15. The van der Waals surface area contributed by atoms with Gasteiger partial charge in [0.05, 0.1) is 24.6 Å². The van der Waals surface area contributed by atoms with Crippen LogP contribution < -0.4 is 14.8 Å². The second-order valence-corrected chi connectivity index (χ2v) is 7.90. The largest absolute Gasteiger partial charge is 0.491 e. The van der Waals surface area contributed by atoms with Gasteiger partial charge in [-0.05, 0) is 30.7 Å². The van der Waals surface area contributed by atoms with E-state index in [4.69, 9.17) is 14.2 Å². The van der Waals surface area contributed by atoms with Crippen LogP contribution in [0.5, 0.6) is 5.75 Å². The van der Waals surface area contributed by atoms with Crippen molar-refractivity contribution in [1.82, 2.24) is 4.98 Å². The number of hydrogen-bond acceptors (Lipinski definition) is 8.